The predicted octanol–water partition coefficient (Wildman–Crippen LogP) is 3.35. The summed E-state index contributed by atoms with van der Waals surface area (Å²) in [6.45, 7) is 0. The van der Waals surface area contributed by atoms with E-state index in [9.17, 15) is 4.79 Å². The van der Waals surface area contributed by atoms with Crippen molar-refractivity contribution >= 4 is 16.8 Å². The molecule has 106 valence electrons. The van der Waals surface area contributed by atoms with Crippen LogP contribution in [0.25, 0.3) is 10.9 Å². The molecule has 0 aliphatic rings. The molecule has 3 aromatic rings. The molecule has 4 heteroatoms. The highest BCUT2D eigenvalue weighted by atomic mass is 16.5. The van der Waals surface area contributed by atoms with Gasteiger partial charge < -0.3 is 9.47 Å². The topological polar surface area (TPSA) is 40.5 Å². The summed E-state index contributed by atoms with van der Waals surface area (Å²) in [6, 6.07) is 14.6. The van der Waals surface area contributed by atoms with Crippen molar-refractivity contribution in [2.24, 2.45) is 0 Å². The molecular weight excluding hydrogens is 266 g/mol. The highest BCUT2D eigenvalue weighted by Gasteiger charge is 2.12. The number of benzene rings is 2. The van der Waals surface area contributed by atoms with Gasteiger partial charge in [0.05, 0.1) is 19.7 Å². The number of fused-ring (bicyclic) bond motifs is 1. The van der Waals surface area contributed by atoms with Gasteiger partial charge in [-0.1, -0.05) is 0 Å². The van der Waals surface area contributed by atoms with Crippen molar-refractivity contribution in [2.75, 3.05) is 14.2 Å². The number of ether oxygens (including phenoxy) is 2. The fraction of sp³-hybridized carbons (Fsp3) is 0.118. The fourth-order valence-electron chi connectivity index (χ4n) is 2.30. The van der Waals surface area contributed by atoms with Gasteiger partial charge in [0.15, 0.2) is 0 Å². The van der Waals surface area contributed by atoms with Gasteiger partial charge >= 0.3 is 0 Å². The molecular formula is C17H15NO3. The molecule has 0 saturated carbocycles. The van der Waals surface area contributed by atoms with E-state index >= 15 is 0 Å². The Labute approximate surface area is 122 Å². The van der Waals surface area contributed by atoms with Crippen LogP contribution >= 0.6 is 0 Å². The molecule has 3 rings (SSSR count). The standard InChI is InChI=1S/C17H15NO3/c1-20-14-5-3-12(4-6-14)17(19)18-10-9-13-11-15(21-2)7-8-16(13)18/h3-11H,1-2H3. The van der Waals surface area contributed by atoms with E-state index in [1.807, 2.05) is 24.3 Å². The van der Waals surface area contributed by atoms with Gasteiger partial charge in [0.1, 0.15) is 11.5 Å². The normalized spacial score (nSPS) is 10.6. The number of carbonyl (C=O) groups excluding carboxylic acids is 1. The van der Waals surface area contributed by atoms with Crippen LogP contribution in [-0.4, -0.2) is 24.7 Å². The van der Waals surface area contributed by atoms with Crippen molar-refractivity contribution in [3.8, 4) is 11.5 Å². The minimum atomic E-state index is -0.0715. The Bertz CT molecular complexity index is 787. The zero-order chi connectivity index (χ0) is 14.8. The van der Waals surface area contributed by atoms with Crippen LogP contribution in [0.3, 0.4) is 0 Å². The summed E-state index contributed by atoms with van der Waals surface area (Å²) < 4.78 is 11.9. The summed E-state index contributed by atoms with van der Waals surface area (Å²) in [5.41, 5.74) is 1.47. The number of carbonyl (C=O) groups is 1. The summed E-state index contributed by atoms with van der Waals surface area (Å²) >= 11 is 0. The summed E-state index contributed by atoms with van der Waals surface area (Å²) in [7, 11) is 3.23. The van der Waals surface area contributed by atoms with Crippen molar-refractivity contribution in [2.45, 2.75) is 0 Å². The molecule has 0 fully saturated rings. The van der Waals surface area contributed by atoms with Crippen molar-refractivity contribution < 1.29 is 14.3 Å². The zero-order valence-electron chi connectivity index (χ0n) is 11.9. The number of rotatable bonds is 3. The molecule has 0 atom stereocenters. The maximum absolute atomic E-state index is 12.6. The molecule has 0 radical (unpaired) electrons. The number of nitrogens with zero attached hydrogens (tertiary/aromatic N) is 1. The van der Waals surface area contributed by atoms with Crippen LogP contribution in [0.15, 0.2) is 54.7 Å². The molecule has 0 spiro atoms. The average Bonchev–Trinajstić information content (AvgIpc) is 2.97. The minimum Gasteiger partial charge on any atom is -0.497 e. The Kier molecular flexibility index (Phi) is 3.36. The monoisotopic (exact) mass is 281 g/mol. The van der Waals surface area contributed by atoms with Gasteiger partial charge in [0, 0.05) is 17.1 Å². The number of hydrogen-bond donors (Lipinski definition) is 0. The van der Waals surface area contributed by atoms with Gasteiger partial charge in [-0.3, -0.25) is 9.36 Å². The first-order valence-corrected chi connectivity index (χ1v) is 6.57. The number of hydrogen-bond acceptors (Lipinski definition) is 3. The second-order valence-corrected chi connectivity index (χ2v) is 4.64. The first-order valence-electron chi connectivity index (χ1n) is 6.57. The van der Waals surface area contributed by atoms with E-state index in [1.54, 1.807) is 49.2 Å². The third kappa shape index (κ3) is 2.36. The second kappa shape index (κ2) is 5.32. The van der Waals surface area contributed by atoms with Gasteiger partial charge in [0.2, 0.25) is 0 Å². The maximum Gasteiger partial charge on any atom is 0.262 e. The summed E-state index contributed by atoms with van der Waals surface area (Å²) in [4.78, 5) is 12.6. The quantitative estimate of drug-likeness (QED) is 0.739. The van der Waals surface area contributed by atoms with E-state index in [4.69, 9.17) is 9.47 Å². The van der Waals surface area contributed by atoms with Crippen molar-refractivity contribution in [3.63, 3.8) is 0 Å². The minimum absolute atomic E-state index is 0.0715. The molecule has 0 bridgehead atoms. The lowest BCUT2D eigenvalue weighted by Gasteiger charge is -2.06. The molecule has 0 saturated heterocycles. The fourth-order valence-corrected chi connectivity index (χ4v) is 2.30. The van der Waals surface area contributed by atoms with Gasteiger partial charge in [-0.2, -0.15) is 0 Å². The Morgan fingerprint density at radius 2 is 1.57 bits per heavy atom. The van der Waals surface area contributed by atoms with Crippen LogP contribution in [0.1, 0.15) is 10.4 Å². The lowest BCUT2D eigenvalue weighted by Crippen LogP contribution is -2.10. The van der Waals surface area contributed by atoms with Crippen LogP contribution in [0.5, 0.6) is 11.5 Å². The highest BCUT2D eigenvalue weighted by molar-refractivity contribution is 6.02. The predicted molar refractivity (Wildman–Crippen MR) is 81.2 cm³/mol. The van der Waals surface area contributed by atoms with Gasteiger partial charge in [-0.05, 0) is 48.5 Å². The van der Waals surface area contributed by atoms with E-state index in [0.29, 0.717) is 5.56 Å². The van der Waals surface area contributed by atoms with Crippen molar-refractivity contribution in [3.05, 3.63) is 60.3 Å². The molecule has 4 nitrogen and oxygen atoms in total. The van der Waals surface area contributed by atoms with Crippen LogP contribution in [0.4, 0.5) is 0 Å². The largest absolute Gasteiger partial charge is 0.497 e. The molecule has 0 unspecified atom stereocenters. The van der Waals surface area contributed by atoms with E-state index in [0.717, 1.165) is 22.4 Å². The Hall–Kier alpha value is -2.75. The molecule has 21 heavy (non-hydrogen) atoms. The lowest BCUT2D eigenvalue weighted by molar-refractivity contribution is 0.0965. The summed E-state index contributed by atoms with van der Waals surface area (Å²) in [6.07, 6.45) is 1.77. The first kappa shape index (κ1) is 13.2. The van der Waals surface area contributed by atoms with Gasteiger partial charge in [0.25, 0.3) is 5.91 Å². The Morgan fingerprint density at radius 1 is 0.905 bits per heavy atom. The third-order valence-corrected chi connectivity index (χ3v) is 3.45. The zero-order valence-corrected chi connectivity index (χ0v) is 11.9. The molecule has 0 N–H and O–H groups in total. The smallest absolute Gasteiger partial charge is 0.262 e. The highest BCUT2D eigenvalue weighted by Crippen LogP contribution is 2.23. The van der Waals surface area contributed by atoms with Crippen LogP contribution < -0.4 is 9.47 Å². The SMILES string of the molecule is COc1ccc(C(=O)n2ccc3cc(OC)ccc32)cc1. The number of methoxy groups -OCH3 is 2. The van der Waals surface area contributed by atoms with Crippen LogP contribution in [0, 0.1) is 0 Å². The first-order chi connectivity index (χ1) is 10.2. The summed E-state index contributed by atoms with van der Waals surface area (Å²) in [5, 5.41) is 0.969. The summed E-state index contributed by atoms with van der Waals surface area (Å²) in [5.74, 6) is 1.43. The van der Waals surface area contributed by atoms with Gasteiger partial charge in [-0.15, -0.1) is 0 Å². The van der Waals surface area contributed by atoms with Gasteiger partial charge in [-0.25, -0.2) is 0 Å². The molecule has 0 aliphatic heterocycles. The molecule has 1 heterocycles. The molecule has 2 aromatic carbocycles. The maximum atomic E-state index is 12.6. The van der Waals surface area contributed by atoms with Crippen LogP contribution in [-0.2, 0) is 0 Å². The van der Waals surface area contributed by atoms with Crippen LogP contribution in [0.2, 0.25) is 0 Å². The van der Waals surface area contributed by atoms with Crippen molar-refractivity contribution in [1.29, 1.82) is 0 Å². The lowest BCUT2D eigenvalue weighted by atomic mass is 10.2. The van der Waals surface area contributed by atoms with E-state index in [1.165, 1.54) is 0 Å². The average molecular weight is 281 g/mol. The molecule has 1 aromatic heterocycles. The second-order valence-electron chi connectivity index (χ2n) is 4.64. The van der Waals surface area contributed by atoms with E-state index < -0.39 is 0 Å². The van der Waals surface area contributed by atoms with Crippen molar-refractivity contribution in [1.82, 2.24) is 4.57 Å². The Morgan fingerprint density at radius 3 is 2.24 bits per heavy atom. The van der Waals surface area contributed by atoms with E-state index in [2.05, 4.69) is 0 Å². The Balaban J connectivity index is 2.00. The molecule has 0 aliphatic carbocycles. The number of aromatic nitrogens is 1. The van der Waals surface area contributed by atoms with E-state index in [-0.39, 0.29) is 5.91 Å². The molecule has 0 amide bonds. The third-order valence-electron chi connectivity index (χ3n) is 3.45.